The van der Waals surface area contributed by atoms with Crippen molar-refractivity contribution in [1.29, 1.82) is 0 Å². The Morgan fingerprint density at radius 2 is 2.13 bits per heavy atom. The number of benzene rings is 1. The second kappa shape index (κ2) is 4.81. The van der Waals surface area contributed by atoms with E-state index in [0.717, 1.165) is 0 Å². The summed E-state index contributed by atoms with van der Waals surface area (Å²) in [6.07, 6.45) is 0.525. The summed E-state index contributed by atoms with van der Waals surface area (Å²) in [5.41, 5.74) is -0.464. The van der Waals surface area contributed by atoms with Gasteiger partial charge in [0.25, 0.3) is 0 Å². The molecule has 0 fully saturated rings. The normalized spacial score (nSPS) is 11.5. The van der Waals surface area contributed by atoms with Crippen molar-refractivity contribution >= 4 is 17.3 Å². The fraction of sp³-hybridized carbons (Fsp3) is 0.455. The van der Waals surface area contributed by atoms with Crippen LogP contribution in [0.4, 0.5) is 10.1 Å². The van der Waals surface area contributed by atoms with E-state index in [4.69, 9.17) is 11.6 Å². The monoisotopic (exact) mass is 231 g/mol. The van der Waals surface area contributed by atoms with Crippen LogP contribution in [0.5, 0.6) is 0 Å². The minimum atomic E-state index is -0.759. The minimum Gasteiger partial charge on any atom is -0.390 e. The molecule has 1 aromatic carbocycles. The molecule has 0 aliphatic carbocycles. The number of halogens is 2. The molecule has 0 spiro atoms. The Labute approximate surface area is 94.1 Å². The summed E-state index contributed by atoms with van der Waals surface area (Å²) in [6, 6.07) is 4.52. The maximum absolute atomic E-state index is 13.3. The molecule has 0 aromatic heterocycles. The Morgan fingerprint density at radius 3 is 2.67 bits per heavy atom. The van der Waals surface area contributed by atoms with Gasteiger partial charge in [0.05, 0.1) is 16.3 Å². The van der Waals surface area contributed by atoms with Crippen LogP contribution in [0, 0.1) is 5.82 Å². The molecule has 84 valence electrons. The van der Waals surface area contributed by atoms with E-state index >= 15 is 0 Å². The van der Waals surface area contributed by atoms with E-state index in [1.807, 2.05) is 0 Å². The predicted molar refractivity (Wildman–Crippen MR) is 60.8 cm³/mol. The van der Waals surface area contributed by atoms with Crippen molar-refractivity contribution < 1.29 is 9.50 Å². The predicted octanol–water partition coefficient (Wildman–Crippen LogP) is 3.05. The lowest BCUT2D eigenvalue weighted by molar-refractivity contribution is 0.0748. The van der Waals surface area contributed by atoms with Gasteiger partial charge < -0.3 is 10.4 Å². The quantitative estimate of drug-likeness (QED) is 0.835. The molecule has 0 unspecified atom stereocenters. The summed E-state index contributed by atoms with van der Waals surface area (Å²) in [5, 5.41) is 12.7. The highest BCUT2D eigenvalue weighted by Crippen LogP contribution is 2.24. The van der Waals surface area contributed by atoms with Gasteiger partial charge in [-0.3, -0.25) is 0 Å². The average Bonchev–Trinajstić information content (AvgIpc) is 2.08. The van der Waals surface area contributed by atoms with Gasteiger partial charge in [0, 0.05) is 6.54 Å². The molecule has 0 aliphatic rings. The highest BCUT2D eigenvalue weighted by molar-refractivity contribution is 6.33. The molecule has 0 bridgehead atoms. The first kappa shape index (κ1) is 12.3. The smallest absolute Gasteiger partial charge is 0.147 e. The van der Waals surface area contributed by atoms with E-state index in [1.165, 1.54) is 6.07 Å². The van der Waals surface area contributed by atoms with Crippen molar-refractivity contribution in [2.24, 2.45) is 0 Å². The van der Waals surface area contributed by atoms with E-state index in [0.29, 0.717) is 23.7 Å². The third kappa shape index (κ3) is 4.06. The van der Waals surface area contributed by atoms with Gasteiger partial charge in [0.15, 0.2) is 0 Å². The molecule has 0 saturated heterocycles. The molecule has 0 amide bonds. The molecule has 0 saturated carbocycles. The molecule has 0 radical (unpaired) electrons. The Hall–Kier alpha value is -0.800. The summed E-state index contributed by atoms with van der Waals surface area (Å²) in [6.45, 7) is 3.89. The second-order valence-corrected chi connectivity index (χ2v) is 4.49. The van der Waals surface area contributed by atoms with E-state index in [2.05, 4.69) is 5.32 Å². The topological polar surface area (TPSA) is 32.3 Å². The zero-order valence-corrected chi connectivity index (χ0v) is 9.61. The summed E-state index contributed by atoms with van der Waals surface area (Å²) in [7, 11) is 0. The SMILES string of the molecule is CC(C)(O)CCNc1c(F)cccc1Cl. The van der Waals surface area contributed by atoms with Crippen molar-refractivity contribution in [2.45, 2.75) is 25.9 Å². The standard InChI is InChI=1S/C11H15ClFNO/c1-11(2,15)6-7-14-10-8(12)4-3-5-9(10)13/h3-5,14-15H,6-7H2,1-2H3. The first-order valence-electron chi connectivity index (χ1n) is 4.80. The van der Waals surface area contributed by atoms with Gasteiger partial charge in [0.2, 0.25) is 0 Å². The van der Waals surface area contributed by atoms with Crippen LogP contribution >= 0.6 is 11.6 Å². The molecule has 2 N–H and O–H groups in total. The second-order valence-electron chi connectivity index (χ2n) is 4.09. The van der Waals surface area contributed by atoms with Gasteiger partial charge in [-0.15, -0.1) is 0 Å². The van der Waals surface area contributed by atoms with E-state index < -0.39 is 5.60 Å². The van der Waals surface area contributed by atoms with E-state index in [-0.39, 0.29) is 5.82 Å². The largest absolute Gasteiger partial charge is 0.390 e. The van der Waals surface area contributed by atoms with Crippen LogP contribution in [0.3, 0.4) is 0 Å². The zero-order valence-electron chi connectivity index (χ0n) is 8.85. The van der Waals surface area contributed by atoms with Gasteiger partial charge in [-0.2, -0.15) is 0 Å². The first-order chi connectivity index (χ1) is 6.90. The highest BCUT2D eigenvalue weighted by atomic mass is 35.5. The number of hydrogen-bond acceptors (Lipinski definition) is 2. The average molecular weight is 232 g/mol. The van der Waals surface area contributed by atoms with Crippen LogP contribution in [-0.2, 0) is 0 Å². The Balaban J connectivity index is 2.58. The summed E-state index contributed by atoms with van der Waals surface area (Å²) >= 11 is 5.81. The Morgan fingerprint density at radius 1 is 1.47 bits per heavy atom. The van der Waals surface area contributed by atoms with Crippen LogP contribution in [0.15, 0.2) is 18.2 Å². The number of hydrogen-bond donors (Lipinski definition) is 2. The van der Waals surface area contributed by atoms with E-state index in [9.17, 15) is 9.50 Å². The summed E-state index contributed by atoms with van der Waals surface area (Å²) < 4.78 is 13.3. The van der Waals surface area contributed by atoms with Crippen molar-refractivity contribution in [3.05, 3.63) is 29.0 Å². The Bertz CT molecular complexity index is 316. The van der Waals surface area contributed by atoms with Crippen molar-refractivity contribution in [2.75, 3.05) is 11.9 Å². The number of nitrogens with one attached hydrogen (secondary N) is 1. The van der Waals surface area contributed by atoms with Crippen molar-refractivity contribution in [1.82, 2.24) is 0 Å². The molecule has 1 aromatic rings. The molecule has 15 heavy (non-hydrogen) atoms. The molecule has 2 nitrogen and oxygen atoms in total. The molecule has 0 aliphatic heterocycles. The lowest BCUT2D eigenvalue weighted by atomic mass is 10.1. The van der Waals surface area contributed by atoms with Crippen LogP contribution in [-0.4, -0.2) is 17.3 Å². The third-order valence-corrected chi connectivity index (χ3v) is 2.32. The lowest BCUT2D eigenvalue weighted by Gasteiger charge is -2.18. The van der Waals surface area contributed by atoms with Gasteiger partial charge in [-0.1, -0.05) is 17.7 Å². The number of anilines is 1. The van der Waals surface area contributed by atoms with E-state index in [1.54, 1.807) is 26.0 Å². The van der Waals surface area contributed by atoms with Gasteiger partial charge in [0.1, 0.15) is 5.82 Å². The van der Waals surface area contributed by atoms with Crippen LogP contribution < -0.4 is 5.32 Å². The molecular weight excluding hydrogens is 217 g/mol. The fourth-order valence-electron chi connectivity index (χ4n) is 1.16. The van der Waals surface area contributed by atoms with Gasteiger partial charge in [-0.25, -0.2) is 4.39 Å². The van der Waals surface area contributed by atoms with Gasteiger partial charge >= 0.3 is 0 Å². The number of aliphatic hydroxyl groups is 1. The highest BCUT2D eigenvalue weighted by Gasteiger charge is 2.12. The fourth-order valence-corrected chi connectivity index (χ4v) is 1.39. The summed E-state index contributed by atoms with van der Waals surface area (Å²) in [5.74, 6) is -0.377. The zero-order chi connectivity index (χ0) is 11.5. The molecular formula is C11H15ClFNO. The van der Waals surface area contributed by atoms with Crippen LogP contribution in [0.25, 0.3) is 0 Å². The van der Waals surface area contributed by atoms with Crippen molar-refractivity contribution in [3.63, 3.8) is 0 Å². The maximum Gasteiger partial charge on any atom is 0.147 e. The third-order valence-electron chi connectivity index (χ3n) is 2.00. The van der Waals surface area contributed by atoms with Gasteiger partial charge in [-0.05, 0) is 32.4 Å². The first-order valence-corrected chi connectivity index (χ1v) is 5.18. The summed E-state index contributed by atoms with van der Waals surface area (Å²) in [4.78, 5) is 0. The molecule has 4 heteroatoms. The van der Waals surface area contributed by atoms with Crippen LogP contribution in [0.1, 0.15) is 20.3 Å². The number of para-hydroxylation sites is 1. The number of rotatable bonds is 4. The Kier molecular flexibility index (Phi) is 3.94. The molecule has 0 atom stereocenters. The lowest BCUT2D eigenvalue weighted by Crippen LogP contribution is -2.22. The van der Waals surface area contributed by atoms with Crippen LogP contribution in [0.2, 0.25) is 5.02 Å². The minimum absolute atomic E-state index is 0.295. The molecule has 0 heterocycles. The maximum atomic E-state index is 13.3. The van der Waals surface area contributed by atoms with Crippen molar-refractivity contribution in [3.8, 4) is 0 Å². The molecule has 1 rings (SSSR count).